The fourth-order valence-electron chi connectivity index (χ4n) is 3.15. The van der Waals surface area contributed by atoms with Gasteiger partial charge in [-0.05, 0) is 13.8 Å². The number of aliphatic hydroxyl groups excluding tert-OH is 4. The number of ether oxygens (including phenoxy) is 1. The van der Waals surface area contributed by atoms with Gasteiger partial charge in [0.25, 0.3) is 5.91 Å². The maximum Gasteiger partial charge on any atom is 0.430 e. The van der Waals surface area contributed by atoms with Gasteiger partial charge in [0.1, 0.15) is 18.8 Å². The summed E-state index contributed by atoms with van der Waals surface area (Å²) in [5.74, 6) is -0.527. The van der Waals surface area contributed by atoms with Gasteiger partial charge in [0.05, 0.1) is 43.3 Å². The van der Waals surface area contributed by atoms with Crippen LogP contribution in [0.4, 0.5) is 4.79 Å². The number of nitrogens with zero attached hydrogens (tertiary/aromatic N) is 1. The summed E-state index contributed by atoms with van der Waals surface area (Å²) in [4.78, 5) is 24.4. The van der Waals surface area contributed by atoms with E-state index in [2.05, 4.69) is 5.32 Å². The second-order valence-corrected chi connectivity index (χ2v) is 6.90. The Morgan fingerprint density at radius 3 is 2.46 bits per heavy atom. The third-order valence-corrected chi connectivity index (χ3v) is 4.69. The van der Waals surface area contributed by atoms with Crippen LogP contribution in [-0.2, 0) is 9.53 Å². The SMILES string of the molecule is CC1=C[N+](CC(C)(CO)CO)([C@H]2C[C@H](O)[C@@H](CO)O2)C(=O)NC1=O. The summed E-state index contributed by atoms with van der Waals surface area (Å²) < 4.78 is 5.15. The van der Waals surface area contributed by atoms with E-state index in [9.17, 15) is 30.0 Å². The highest BCUT2D eigenvalue weighted by Crippen LogP contribution is 2.35. The number of amides is 3. The summed E-state index contributed by atoms with van der Waals surface area (Å²) in [5.41, 5.74) is -0.724. The van der Waals surface area contributed by atoms with Crippen LogP contribution in [0, 0.1) is 5.41 Å². The first kappa shape index (κ1) is 19.0. The molecule has 2 aliphatic rings. The number of nitrogens with one attached hydrogen (secondary N) is 1. The Labute approximate surface area is 139 Å². The van der Waals surface area contributed by atoms with E-state index in [0.717, 1.165) is 0 Å². The Kier molecular flexibility index (Phi) is 5.43. The number of urea groups is 1. The smallest absolute Gasteiger partial charge is 0.395 e. The average molecular weight is 345 g/mol. The quantitative estimate of drug-likeness (QED) is 0.366. The van der Waals surface area contributed by atoms with Crippen LogP contribution >= 0.6 is 0 Å². The minimum Gasteiger partial charge on any atom is -0.395 e. The van der Waals surface area contributed by atoms with Crippen LogP contribution in [-0.4, -0.2) is 81.6 Å². The molecule has 0 aromatic carbocycles. The number of hydrogen-bond donors (Lipinski definition) is 5. The first-order valence-electron chi connectivity index (χ1n) is 7.80. The van der Waals surface area contributed by atoms with Crippen molar-refractivity contribution in [3.63, 3.8) is 0 Å². The van der Waals surface area contributed by atoms with E-state index in [1.54, 1.807) is 13.8 Å². The van der Waals surface area contributed by atoms with Crippen LogP contribution < -0.4 is 5.32 Å². The molecule has 24 heavy (non-hydrogen) atoms. The second-order valence-electron chi connectivity index (χ2n) is 6.90. The fraction of sp³-hybridized carbons (Fsp3) is 0.733. The molecule has 0 bridgehead atoms. The summed E-state index contributed by atoms with van der Waals surface area (Å²) in [6.45, 7) is 1.95. The minimum absolute atomic E-state index is 0.0357. The highest BCUT2D eigenvalue weighted by molar-refractivity contribution is 6.03. The van der Waals surface area contributed by atoms with Gasteiger partial charge >= 0.3 is 6.03 Å². The molecule has 2 rings (SSSR count). The predicted octanol–water partition coefficient (Wildman–Crippen LogP) is -1.58. The summed E-state index contributed by atoms with van der Waals surface area (Å²) in [6.07, 6.45) is -1.13. The van der Waals surface area contributed by atoms with Gasteiger partial charge in [-0.15, -0.1) is 0 Å². The van der Waals surface area contributed by atoms with Gasteiger partial charge in [0.2, 0.25) is 6.23 Å². The first-order chi connectivity index (χ1) is 11.2. The van der Waals surface area contributed by atoms with Gasteiger partial charge in [-0.2, -0.15) is 4.48 Å². The van der Waals surface area contributed by atoms with Crippen molar-refractivity contribution in [2.75, 3.05) is 26.4 Å². The Morgan fingerprint density at radius 2 is 1.96 bits per heavy atom. The molecule has 136 valence electrons. The molecular weight excluding hydrogens is 320 g/mol. The van der Waals surface area contributed by atoms with Crippen molar-refractivity contribution in [2.24, 2.45) is 5.41 Å². The number of carbonyl (C=O) groups excluding carboxylic acids is 2. The summed E-state index contributed by atoms with van der Waals surface area (Å²) in [6, 6.07) is -0.658. The molecule has 0 spiro atoms. The monoisotopic (exact) mass is 345 g/mol. The molecule has 3 amide bonds. The lowest BCUT2D eigenvalue weighted by molar-refractivity contribution is -0.859. The zero-order valence-electron chi connectivity index (χ0n) is 13.8. The molecule has 1 fully saturated rings. The van der Waals surface area contributed by atoms with E-state index in [1.165, 1.54) is 6.20 Å². The Morgan fingerprint density at radius 1 is 1.33 bits per heavy atom. The van der Waals surface area contributed by atoms with Crippen molar-refractivity contribution < 1.29 is 39.2 Å². The van der Waals surface area contributed by atoms with Gasteiger partial charge in [0, 0.05) is 0 Å². The third kappa shape index (κ3) is 3.23. The van der Waals surface area contributed by atoms with Crippen LogP contribution in [0.15, 0.2) is 11.8 Å². The lowest BCUT2D eigenvalue weighted by Gasteiger charge is -2.43. The number of aliphatic hydroxyl groups is 4. The van der Waals surface area contributed by atoms with Crippen LogP contribution in [0.2, 0.25) is 0 Å². The first-order valence-corrected chi connectivity index (χ1v) is 7.80. The molecule has 2 aliphatic heterocycles. The normalized spacial score (nSPS) is 34.2. The van der Waals surface area contributed by atoms with Crippen LogP contribution in [0.3, 0.4) is 0 Å². The lowest BCUT2D eigenvalue weighted by Crippen LogP contribution is -2.66. The molecule has 2 heterocycles. The van der Waals surface area contributed by atoms with Crippen molar-refractivity contribution in [1.82, 2.24) is 5.32 Å². The molecule has 1 unspecified atom stereocenters. The molecule has 1 saturated heterocycles. The second kappa shape index (κ2) is 6.87. The largest absolute Gasteiger partial charge is 0.430 e. The Bertz CT molecular complexity index is 546. The number of carbonyl (C=O) groups is 2. The number of quaternary nitrogens is 1. The topological polar surface area (TPSA) is 136 Å². The van der Waals surface area contributed by atoms with Crippen LogP contribution in [0.5, 0.6) is 0 Å². The van der Waals surface area contributed by atoms with Gasteiger partial charge in [-0.25, -0.2) is 10.1 Å². The van der Waals surface area contributed by atoms with E-state index in [4.69, 9.17) is 4.74 Å². The zero-order chi connectivity index (χ0) is 18.1. The predicted molar refractivity (Wildman–Crippen MR) is 81.1 cm³/mol. The Balaban J connectivity index is 2.46. The number of imide groups is 1. The van der Waals surface area contributed by atoms with Crippen LogP contribution in [0.1, 0.15) is 20.3 Å². The summed E-state index contributed by atoms with van der Waals surface area (Å²) in [7, 11) is 0. The maximum absolute atomic E-state index is 12.7. The molecule has 9 nitrogen and oxygen atoms in total. The van der Waals surface area contributed by atoms with Crippen molar-refractivity contribution >= 4 is 11.9 Å². The maximum atomic E-state index is 12.7. The molecule has 0 aromatic heterocycles. The highest BCUT2D eigenvalue weighted by atomic mass is 16.5. The van der Waals surface area contributed by atoms with E-state index in [0.29, 0.717) is 5.57 Å². The molecule has 5 N–H and O–H groups in total. The summed E-state index contributed by atoms with van der Waals surface area (Å²) in [5, 5.41) is 40.8. The van der Waals surface area contributed by atoms with Gasteiger partial charge in [0.15, 0.2) is 0 Å². The van der Waals surface area contributed by atoms with E-state index >= 15 is 0 Å². The molecule has 9 heteroatoms. The third-order valence-electron chi connectivity index (χ3n) is 4.69. The number of hydrogen-bond acceptors (Lipinski definition) is 7. The van der Waals surface area contributed by atoms with Gasteiger partial charge in [-0.3, -0.25) is 4.79 Å². The minimum atomic E-state index is -1.01. The average Bonchev–Trinajstić information content (AvgIpc) is 2.94. The Hall–Kier alpha value is -1.36. The summed E-state index contributed by atoms with van der Waals surface area (Å²) >= 11 is 0. The van der Waals surface area contributed by atoms with Gasteiger partial charge in [-0.1, -0.05) is 0 Å². The van der Waals surface area contributed by atoms with Gasteiger partial charge < -0.3 is 25.2 Å². The zero-order valence-corrected chi connectivity index (χ0v) is 13.8. The van der Waals surface area contributed by atoms with Crippen molar-refractivity contribution in [2.45, 2.75) is 38.7 Å². The molecule has 0 aromatic rings. The van der Waals surface area contributed by atoms with Crippen LogP contribution in [0.25, 0.3) is 0 Å². The van der Waals surface area contributed by atoms with Crippen molar-refractivity contribution in [3.8, 4) is 0 Å². The van der Waals surface area contributed by atoms with E-state index in [1.807, 2.05) is 0 Å². The standard InChI is InChI=1S/C15H24N2O7/c1-9-4-17(14(23)16-13(9)22,6-15(2,7-19)8-20)12-3-10(21)11(5-18)24-12/h4,10-12,18-21H,3,5-8H2,1-2H3/p+1/t10-,11+,12+,17?/m0/s1. The van der Waals surface area contributed by atoms with E-state index < -0.39 is 46.9 Å². The molecule has 4 atom stereocenters. The lowest BCUT2D eigenvalue weighted by atomic mass is 9.90. The molecule has 0 aliphatic carbocycles. The molecule has 0 saturated carbocycles. The molecule has 0 radical (unpaired) electrons. The number of rotatable bonds is 6. The van der Waals surface area contributed by atoms with E-state index in [-0.39, 0.29) is 26.2 Å². The highest BCUT2D eigenvalue weighted by Gasteiger charge is 2.55. The van der Waals surface area contributed by atoms with Crippen molar-refractivity contribution in [1.29, 1.82) is 0 Å². The molecular formula is C15H25N2O7+. The fourth-order valence-corrected chi connectivity index (χ4v) is 3.15. The van der Waals surface area contributed by atoms with Crippen molar-refractivity contribution in [3.05, 3.63) is 11.8 Å².